The van der Waals surface area contributed by atoms with Gasteiger partial charge in [0.05, 0.1) is 20.7 Å². The Bertz CT molecular complexity index is 277. The minimum atomic E-state index is -0.777. The van der Waals surface area contributed by atoms with Crippen LogP contribution in [0.25, 0.3) is 0 Å². The zero-order chi connectivity index (χ0) is 13.6. The number of nitrogens with one attached hydrogen (secondary N) is 1. The van der Waals surface area contributed by atoms with Crippen LogP contribution in [0.3, 0.4) is 0 Å². The smallest absolute Gasteiger partial charge is 0.250 e. The standard InChI is InChI=1S/C12H24N2O3/c1-6-11(13-12(17)9(2)3)14(4,5)7-10(16)8-15/h10-11,15-16H,2,6-8H2,1,3-5H3/p+1. The van der Waals surface area contributed by atoms with Crippen LogP contribution in [0.1, 0.15) is 20.3 Å². The van der Waals surface area contributed by atoms with Crippen molar-refractivity contribution in [3.05, 3.63) is 12.2 Å². The third-order valence-electron chi connectivity index (χ3n) is 2.81. The lowest BCUT2D eigenvalue weighted by atomic mass is 10.2. The first-order chi connectivity index (χ1) is 7.74. The Kier molecular flexibility index (Phi) is 6.37. The van der Waals surface area contributed by atoms with Gasteiger partial charge in [0.15, 0.2) is 6.17 Å². The fourth-order valence-corrected chi connectivity index (χ4v) is 1.77. The molecular formula is C12H25N2O3+. The number of hydrogen-bond acceptors (Lipinski definition) is 3. The molecule has 0 aliphatic rings. The van der Waals surface area contributed by atoms with E-state index in [1.807, 2.05) is 21.0 Å². The Morgan fingerprint density at radius 2 is 2.00 bits per heavy atom. The summed E-state index contributed by atoms with van der Waals surface area (Å²) in [6, 6.07) is 0. The van der Waals surface area contributed by atoms with Crippen molar-refractivity contribution in [1.82, 2.24) is 5.32 Å². The first-order valence-electron chi connectivity index (χ1n) is 5.82. The number of rotatable bonds is 7. The van der Waals surface area contributed by atoms with Crippen molar-refractivity contribution in [3.63, 3.8) is 0 Å². The highest BCUT2D eigenvalue weighted by Gasteiger charge is 2.30. The largest absolute Gasteiger partial charge is 0.393 e. The number of nitrogens with zero attached hydrogens (tertiary/aromatic N) is 1. The maximum atomic E-state index is 11.6. The van der Waals surface area contributed by atoms with Gasteiger partial charge in [-0.05, 0) is 6.92 Å². The number of hydrogen-bond donors (Lipinski definition) is 3. The summed E-state index contributed by atoms with van der Waals surface area (Å²) >= 11 is 0. The second-order valence-corrected chi connectivity index (χ2v) is 4.98. The molecule has 0 bridgehead atoms. The maximum absolute atomic E-state index is 11.6. The van der Waals surface area contributed by atoms with Gasteiger partial charge in [-0.2, -0.15) is 0 Å². The molecule has 0 heterocycles. The van der Waals surface area contributed by atoms with Crippen molar-refractivity contribution < 1.29 is 19.5 Å². The molecule has 2 unspecified atom stereocenters. The molecule has 0 aromatic heterocycles. The second kappa shape index (κ2) is 6.74. The van der Waals surface area contributed by atoms with E-state index in [2.05, 4.69) is 11.9 Å². The van der Waals surface area contributed by atoms with Crippen LogP contribution in [0.5, 0.6) is 0 Å². The summed E-state index contributed by atoms with van der Waals surface area (Å²) in [5, 5.41) is 21.2. The summed E-state index contributed by atoms with van der Waals surface area (Å²) in [5.74, 6) is -0.179. The third-order valence-corrected chi connectivity index (χ3v) is 2.81. The molecule has 0 spiro atoms. The predicted molar refractivity (Wildman–Crippen MR) is 67.1 cm³/mol. The Morgan fingerprint density at radius 3 is 2.35 bits per heavy atom. The Morgan fingerprint density at radius 1 is 1.47 bits per heavy atom. The summed E-state index contributed by atoms with van der Waals surface area (Å²) in [4.78, 5) is 11.6. The molecule has 0 aromatic rings. The van der Waals surface area contributed by atoms with E-state index in [9.17, 15) is 9.90 Å². The van der Waals surface area contributed by atoms with Crippen molar-refractivity contribution in [2.45, 2.75) is 32.5 Å². The van der Waals surface area contributed by atoms with Gasteiger partial charge < -0.3 is 20.0 Å². The first-order valence-corrected chi connectivity index (χ1v) is 5.82. The van der Waals surface area contributed by atoms with Crippen LogP contribution < -0.4 is 5.32 Å². The molecule has 3 N–H and O–H groups in total. The molecular weight excluding hydrogens is 220 g/mol. The summed E-state index contributed by atoms with van der Waals surface area (Å²) < 4.78 is 0.414. The molecule has 2 atom stereocenters. The monoisotopic (exact) mass is 245 g/mol. The van der Waals surface area contributed by atoms with Crippen LogP contribution in [0.15, 0.2) is 12.2 Å². The summed E-state index contributed by atoms with van der Waals surface area (Å²) in [6.07, 6.45) is -0.148. The molecule has 5 nitrogen and oxygen atoms in total. The average Bonchev–Trinajstić information content (AvgIpc) is 2.23. The van der Waals surface area contributed by atoms with Gasteiger partial charge in [-0.15, -0.1) is 0 Å². The Labute approximate surface area is 103 Å². The highest BCUT2D eigenvalue weighted by atomic mass is 16.3. The van der Waals surface area contributed by atoms with Crippen LogP contribution in [0, 0.1) is 0 Å². The molecule has 0 aromatic carbocycles. The van der Waals surface area contributed by atoms with E-state index < -0.39 is 6.10 Å². The zero-order valence-electron chi connectivity index (χ0n) is 11.2. The normalized spacial score (nSPS) is 15.2. The van der Waals surface area contributed by atoms with Gasteiger partial charge >= 0.3 is 0 Å². The summed E-state index contributed by atoms with van der Waals surface area (Å²) in [7, 11) is 3.82. The minimum Gasteiger partial charge on any atom is -0.393 e. The van der Waals surface area contributed by atoms with Crippen LogP contribution in [0.4, 0.5) is 0 Å². The molecule has 0 fully saturated rings. The molecule has 0 aliphatic carbocycles. The fraction of sp³-hybridized carbons (Fsp3) is 0.750. The van der Waals surface area contributed by atoms with Crippen LogP contribution in [-0.2, 0) is 4.79 Å². The van der Waals surface area contributed by atoms with Crippen molar-refractivity contribution >= 4 is 5.91 Å². The van der Waals surface area contributed by atoms with Gasteiger partial charge in [0.1, 0.15) is 12.6 Å². The highest BCUT2D eigenvalue weighted by Crippen LogP contribution is 2.10. The van der Waals surface area contributed by atoms with Gasteiger partial charge in [0, 0.05) is 12.0 Å². The predicted octanol–water partition coefficient (Wildman–Crippen LogP) is -0.156. The van der Waals surface area contributed by atoms with Gasteiger partial charge in [-0.1, -0.05) is 13.5 Å². The molecule has 0 saturated carbocycles. The van der Waals surface area contributed by atoms with Crippen molar-refractivity contribution in [2.24, 2.45) is 0 Å². The molecule has 17 heavy (non-hydrogen) atoms. The van der Waals surface area contributed by atoms with E-state index in [0.717, 1.165) is 6.42 Å². The quantitative estimate of drug-likeness (QED) is 0.332. The summed E-state index contributed by atoms with van der Waals surface area (Å²) in [5.41, 5.74) is 0.464. The molecule has 0 aliphatic heterocycles. The van der Waals surface area contributed by atoms with E-state index in [1.54, 1.807) is 6.92 Å². The molecule has 0 saturated heterocycles. The van der Waals surface area contributed by atoms with Gasteiger partial charge in [0.25, 0.3) is 5.91 Å². The van der Waals surface area contributed by atoms with Crippen molar-refractivity contribution in [1.29, 1.82) is 0 Å². The van der Waals surface area contributed by atoms with Crippen LogP contribution in [-0.4, -0.2) is 60.1 Å². The molecule has 0 radical (unpaired) electrons. The Balaban J connectivity index is 4.62. The lowest BCUT2D eigenvalue weighted by molar-refractivity contribution is -0.920. The number of quaternary nitrogens is 1. The minimum absolute atomic E-state index is 0.111. The number of aliphatic hydroxyl groups is 2. The average molecular weight is 245 g/mol. The van der Waals surface area contributed by atoms with Gasteiger partial charge in [-0.25, -0.2) is 0 Å². The first kappa shape index (κ1) is 16.1. The van der Waals surface area contributed by atoms with E-state index in [1.165, 1.54) is 0 Å². The summed E-state index contributed by atoms with van der Waals surface area (Å²) in [6.45, 7) is 7.33. The number of carbonyl (C=O) groups is 1. The van der Waals surface area contributed by atoms with Gasteiger partial charge in [0.2, 0.25) is 0 Å². The van der Waals surface area contributed by atoms with E-state index in [-0.39, 0.29) is 18.7 Å². The van der Waals surface area contributed by atoms with E-state index in [0.29, 0.717) is 16.6 Å². The second-order valence-electron chi connectivity index (χ2n) is 4.98. The van der Waals surface area contributed by atoms with Crippen molar-refractivity contribution in [3.8, 4) is 0 Å². The maximum Gasteiger partial charge on any atom is 0.250 e. The topological polar surface area (TPSA) is 69.6 Å². The number of likely N-dealkylation sites (N-methyl/N-ethyl adjacent to an activating group) is 1. The van der Waals surface area contributed by atoms with E-state index >= 15 is 0 Å². The zero-order valence-corrected chi connectivity index (χ0v) is 11.2. The van der Waals surface area contributed by atoms with E-state index in [4.69, 9.17) is 5.11 Å². The molecule has 5 heteroatoms. The number of aliphatic hydroxyl groups excluding tert-OH is 2. The highest BCUT2D eigenvalue weighted by molar-refractivity contribution is 5.92. The lowest BCUT2D eigenvalue weighted by Crippen LogP contribution is -2.60. The van der Waals surface area contributed by atoms with Crippen LogP contribution in [0.2, 0.25) is 0 Å². The number of amides is 1. The fourth-order valence-electron chi connectivity index (χ4n) is 1.77. The lowest BCUT2D eigenvalue weighted by Gasteiger charge is -2.38. The molecule has 1 amide bonds. The Hall–Kier alpha value is -0.910. The SMILES string of the molecule is C=C(C)C(=O)NC(CC)[N+](C)(C)CC(O)CO. The van der Waals surface area contributed by atoms with Gasteiger partial charge in [-0.3, -0.25) is 4.79 Å². The molecule has 0 rings (SSSR count). The molecule has 100 valence electrons. The third kappa shape index (κ3) is 5.30. The number of carbonyl (C=O) groups excluding carboxylic acids is 1. The van der Waals surface area contributed by atoms with Crippen molar-refractivity contribution in [2.75, 3.05) is 27.2 Å². The van der Waals surface area contributed by atoms with Crippen LogP contribution >= 0.6 is 0 Å².